The van der Waals surface area contributed by atoms with Crippen LogP contribution in [-0.4, -0.2) is 17.2 Å². The van der Waals surface area contributed by atoms with Crippen molar-refractivity contribution in [2.75, 3.05) is 17.2 Å². The van der Waals surface area contributed by atoms with E-state index in [1.807, 2.05) is 37.4 Å². The van der Waals surface area contributed by atoms with Gasteiger partial charge in [-0.2, -0.15) is 13.2 Å². The number of halogens is 3. The van der Waals surface area contributed by atoms with Crippen molar-refractivity contribution >= 4 is 39.2 Å². The van der Waals surface area contributed by atoms with E-state index in [9.17, 15) is 13.2 Å². The highest BCUT2D eigenvalue weighted by atomic mass is 32.1. The van der Waals surface area contributed by atoms with Crippen molar-refractivity contribution in [1.82, 2.24) is 4.98 Å². The van der Waals surface area contributed by atoms with Crippen LogP contribution >= 0.6 is 11.3 Å². The quantitative estimate of drug-likeness (QED) is 0.559. The molecule has 1 aliphatic rings. The van der Waals surface area contributed by atoms with E-state index in [4.69, 9.17) is 0 Å². The molecular weight excluding hydrogens is 385 g/mol. The fraction of sp³-hybridized carbons (Fsp3) is 0.200. The molecule has 0 bridgehead atoms. The SMILES string of the molecule is Cc1cccc(C)c1Nc1nc(C2=Nc3cc(C(F)(F)F)ccc3NC2)cs1. The molecule has 0 spiro atoms. The number of hydrogen-bond donors (Lipinski definition) is 2. The zero-order valence-electron chi connectivity index (χ0n) is 15.2. The van der Waals surface area contributed by atoms with Crippen LogP contribution < -0.4 is 10.6 Å². The molecule has 0 saturated carbocycles. The Hall–Kier alpha value is -2.87. The number of anilines is 3. The van der Waals surface area contributed by atoms with E-state index in [-0.39, 0.29) is 5.69 Å². The Morgan fingerprint density at radius 3 is 2.57 bits per heavy atom. The smallest absolute Gasteiger partial charge is 0.378 e. The molecule has 1 aliphatic heterocycles. The summed E-state index contributed by atoms with van der Waals surface area (Å²) < 4.78 is 38.9. The summed E-state index contributed by atoms with van der Waals surface area (Å²) in [6.45, 7) is 4.45. The summed E-state index contributed by atoms with van der Waals surface area (Å²) in [4.78, 5) is 8.99. The first-order chi connectivity index (χ1) is 13.3. The molecule has 28 heavy (non-hydrogen) atoms. The molecule has 2 N–H and O–H groups in total. The van der Waals surface area contributed by atoms with Gasteiger partial charge in [-0.3, -0.25) is 0 Å². The molecule has 0 amide bonds. The van der Waals surface area contributed by atoms with E-state index in [2.05, 4.69) is 20.6 Å². The number of fused-ring (bicyclic) bond motifs is 1. The van der Waals surface area contributed by atoms with Gasteiger partial charge in [-0.25, -0.2) is 9.98 Å². The van der Waals surface area contributed by atoms with Crippen molar-refractivity contribution in [3.8, 4) is 0 Å². The molecule has 0 saturated heterocycles. The number of nitrogens with zero attached hydrogens (tertiary/aromatic N) is 2. The van der Waals surface area contributed by atoms with Gasteiger partial charge >= 0.3 is 6.18 Å². The molecule has 0 unspecified atom stereocenters. The summed E-state index contributed by atoms with van der Waals surface area (Å²) in [6.07, 6.45) is -4.40. The fourth-order valence-corrected chi connectivity index (χ4v) is 3.77. The second-order valence-electron chi connectivity index (χ2n) is 6.57. The Morgan fingerprint density at radius 2 is 1.86 bits per heavy atom. The second-order valence-corrected chi connectivity index (χ2v) is 7.43. The molecule has 144 valence electrons. The van der Waals surface area contributed by atoms with Gasteiger partial charge in [-0.15, -0.1) is 11.3 Å². The van der Waals surface area contributed by atoms with Crippen LogP contribution in [0.25, 0.3) is 0 Å². The van der Waals surface area contributed by atoms with Crippen molar-refractivity contribution in [2.45, 2.75) is 20.0 Å². The lowest BCUT2D eigenvalue weighted by Crippen LogP contribution is -2.19. The summed E-state index contributed by atoms with van der Waals surface area (Å²) in [7, 11) is 0. The molecule has 0 aliphatic carbocycles. The third-order valence-corrected chi connectivity index (χ3v) is 5.30. The molecule has 2 heterocycles. The van der Waals surface area contributed by atoms with Crippen molar-refractivity contribution in [3.63, 3.8) is 0 Å². The van der Waals surface area contributed by atoms with E-state index in [0.29, 0.717) is 28.8 Å². The summed E-state index contributed by atoms with van der Waals surface area (Å²) in [5.74, 6) is 0. The molecule has 4 rings (SSSR count). The minimum absolute atomic E-state index is 0.272. The minimum atomic E-state index is -4.40. The normalized spacial score (nSPS) is 13.5. The predicted octanol–water partition coefficient (Wildman–Crippen LogP) is 6.07. The number of rotatable bonds is 3. The topological polar surface area (TPSA) is 49.3 Å². The summed E-state index contributed by atoms with van der Waals surface area (Å²) in [5, 5.41) is 9.01. The van der Waals surface area contributed by atoms with Gasteiger partial charge in [0.15, 0.2) is 5.13 Å². The third kappa shape index (κ3) is 3.60. The average molecular weight is 402 g/mol. The number of benzene rings is 2. The molecule has 0 atom stereocenters. The highest BCUT2D eigenvalue weighted by Crippen LogP contribution is 2.37. The lowest BCUT2D eigenvalue weighted by Gasteiger charge is -2.18. The maximum absolute atomic E-state index is 13.0. The monoisotopic (exact) mass is 402 g/mol. The maximum Gasteiger partial charge on any atom is 0.416 e. The van der Waals surface area contributed by atoms with E-state index in [1.165, 1.54) is 17.4 Å². The number of hydrogen-bond acceptors (Lipinski definition) is 5. The molecule has 0 radical (unpaired) electrons. The molecule has 1 aromatic heterocycles. The van der Waals surface area contributed by atoms with Crippen molar-refractivity contribution in [3.05, 3.63) is 64.2 Å². The molecular formula is C20H17F3N4S. The third-order valence-electron chi connectivity index (χ3n) is 4.54. The Balaban J connectivity index is 1.62. The van der Waals surface area contributed by atoms with Gasteiger partial charge in [-0.05, 0) is 43.2 Å². The predicted molar refractivity (Wildman–Crippen MR) is 107 cm³/mol. The van der Waals surface area contributed by atoms with Crippen LogP contribution in [0.1, 0.15) is 22.4 Å². The number of para-hydroxylation sites is 1. The van der Waals surface area contributed by atoms with E-state index in [1.54, 1.807) is 0 Å². The number of aliphatic imine (C=N–C) groups is 1. The largest absolute Gasteiger partial charge is 0.416 e. The van der Waals surface area contributed by atoms with Crippen molar-refractivity contribution in [2.24, 2.45) is 4.99 Å². The fourth-order valence-electron chi connectivity index (χ4n) is 3.04. The first kappa shape index (κ1) is 18.5. The molecule has 4 nitrogen and oxygen atoms in total. The number of aryl methyl sites for hydroxylation is 2. The van der Waals surface area contributed by atoms with Crippen LogP contribution in [-0.2, 0) is 6.18 Å². The summed E-state index contributed by atoms with van der Waals surface area (Å²) >= 11 is 1.43. The number of alkyl halides is 3. The number of nitrogens with one attached hydrogen (secondary N) is 2. The number of thiazole rings is 1. The van der Waals surface area contributed by atoms with Crippen LogP contribution in [0.15, 0.2) is 46.8 Å². The van der Waals surface area contributed by atoms with E-state index >= 15 is 0 Å². The Bertz CT molecular complexity index is 1050. The van der Waals surface area contributed by atoms with Gasteiger partial charge in [0, 0.05) is 11.1 Å². The van der Waals surface area contributed by atoms with Gasteiger partial charge in [0.25, 0.3) is 0 Å². The van der Waals surface area contributed by atoms with Gasteiger partial charge in [0.05, 0.1) is 34.9 Å². The lowest BCUT2D eigenvalue weighted by atomic mass is 10.1. The zero-order chi connectivity index (χ0) is 19.9. The maximum atomic E-state index is 13.0. The minimum Gasteiger partial charge on any atom is -0.378 e. The average Bonchev–Trinajstić information content (AvgIpc) is 3.12. The summed E-state index contributed by atoms with van der Waals surface area (Å²) in [5.41, 5.74) is 4.63. The van der Waals surface area contributed by atoms with Crippen LogP contribution in [0.4, 0.5) is 35.4 Å². The van der Waals surface area contributed by atoms with Crippen LogP contribution in [0.3, 0.4) is 0 Å². The van der Waals surface area contributed by atoms with E-state index < -0.39 is 11.7 Å². The molecule has 3 aromatic rings. The van der Waals surface area contributed by atoms with Gasteiger partial charge in [0.1, 0.15) is 0 Å². The number of aromatic nitrogens is 1. The van der Waals surface area contributed by atoms with Gasteiger partial charge in [-0.1, -0.05) is 18.2 Å². The first-order valence-corrected chi connectivity index (χ1v) is 9.51. The Labute approximate surface area is 164 Å². The zero-order valence-corrected chi connectivity index (χ0v) is 16.0. The summed E-state index contributed by atoms with van der Waals surface area (Å²) in [6, 6.07) is 9.57. The first-order valence-electron chi connectivity index (χ1n) is 8.63. The van der Waals surface area contributed by atoms with Crippen LogP contribution in [0.5, 0.6) is 0 Å². The van der Waals surface area contributed by atoms with E-state index in [0.717, 1.165) is 28.9 Å². The highest BCUT2D eigenvalue weighted by molar-refractivity contribution is 7.14. The Morgan fingerprint density at radius 1 is 1.11 bits per heavy atom. The van der Waals surface area contributed by atoms with Gasteiger partial charge in [0.2, 0.25) is 0 Å². The highest BCUT2D eigenvalue weighted by Gasteiger charge is 2.31. The van der Waals surface area contributed by atoms with Gasteiger partial charge < -0.3 is 10.6 Å². The van der Waals surface area contributed by atoms with Crippen LogP contribution in [0, 0.1) is 13.8 Å². The molecule has 8 heteroatoms. The standard InChI is InChI=1S/C20H17F3N4S/c1-11-4-3-5-12(2)18(11)27-19-26-17(10-28-19)16-9-24-14-7-6-13(20(21,22)23)8-15(14)25-16/h3-8,10,24H,9H2,1-2H3,(H,26,27). The molecule has 2 aromatic carbocycles. The van der Waals surface area contributed by atoms with Crippen molar-refractivity contribution in [1.29, 1.82) is 0 Å². The van der Waals surface area contributed by atoms with Crippen LogP contribution in [0.2, 0.25) is 0 Å². The Kier molecular flexibility index (Phi) is 4.58. The second kappa shape index (κ2) is 6.94. The van der Waals surface area contributed by atoms with Crippen molar-refractivity contribution < 1.29 is 13.2 Å². The molecule has 0 fully saturated rings. The lowest BCUT2D eigenvalue weighted by molar-refractivity contribution is -0.137.